The predicted octanol–water partition coefficient (Wildman–Crippen LogP) is 3.38. The summed E-state index contributed by atoms with van der Waals surface area (Å²) in [5.41, 5.74) is 0.326. The molecular weight excluding hydrogens is 328 g/mol. The molecule has 0 saturated carbocycles. The average molecular weight is 350 g/mol. The molecule has 1 unspecified atom stereocenters. The summed E-state index contributed by atoms with van der Waals surface area (Å²) in [4.78, 5) is 0. The Kier molecular flexibility index (Phi) is 6.59. The van der Waals surface area contributed by atoms with Gasteiger partial charge in [0, 0.05) is 41.8 Å². The Morgan fingerprint density at radius 3 is 2.70 bits per heavy atom. The lowest BCUT2D eigenvalue weighted by Crippen LogP contribution is -2.42. The van der Waals surface area contributed by atoms with Crippen LogP contribution < -0.4 is 10.1 Å². The predicted molar refractivity (Wildman–Crippen MR) is 84.1 cm³/mol. The van der Waals surface area contributed by atoms with Gasteiger partial charge in [-0.05, 0) is 38.0 Å². The molecule has 1 aromatic rings. The number of aliphatic hydroxyl groups excluding tert-OH is 1. The molecule has 2 N–H and O–H groups in total. The molecule has 2 rings (SSSR count). The normalized spacial score (nSPS) is 18.9. The second-order valence-electron chi connectivity index (χ2n) is 5.93. The smallest absolute Gasteiger partial charge is 0.387 e. The van der Waals surface area contributed by atoms with Gasteiger partial charge in [-0.15, -0.1) is 0 Å². The van der Waals surface area contributed by atoms with E-state index < -0.39 is 6.61 Å². The highest BCUT2D eigenvalue weighted by Gasteiger charge is 2.32. The summed E-state index contributed by atoms with van der Waals surface area (Å²) in [6.45, 7) is 0.831. The minimum absolute atomic E-state index is 0.0615. The van der Waals surface area contributed by atoms with E-state index in [1.807, 2.05) is 6.92 Å². The summed E-state index contributed by atoms with van der Waals surface area (Å²) < 4.78 is 35.0. The largest absolute Gasteiger partial charge is 0.434 e. The number of aliphatic hydroxyl groups is 1. The molecule has 0 radical (unpaired) electrons. The van der Waals surface area contributed by atoms with Gasteiger partial charge in [0.1, 0.15) is 5.75 Å². The van der Waals surface area contributed by atoms with E-state index in [1.165, 1.54) is 12.1 Å². The van der Waals surface area contributed by atoms with Gasteiger partial charge in [-0.25, -0.2) is 0 Å². The Balaban J connectivity index is 2.07. The molecule has 7 heteroatoms. The maximum atomic E-state index is 12.5. The van der Waals surface area contributed by atoms with Crippen LogP contribution in [0.15, 0.2) is 18.2 Å². The monoisotopic (exact) mass is 349 g/mol. The van der Waals surface area contributed by atoms with Gasteiger partial charge in [0.15, 0.2) is 0 Å². The van der Waals surface area contributed by atoms with Crippen LogP contribution in [0.1, 0.15) is 31.4 Å². The molecule has 1 aliphatic rings. The van der Waals surface area contributed by atoms with Crippen LogP contribution in [-0.2, 0) is 4.74 Å². The lowest BCUT2D eigenvalue weighted by molar-refractivity contribution is -0.0508. The first kappa shape index (κ1) is 18.4. The Morgan fingerprint density at radius 2 is 2.09 bits per heavy atom. The van der Waals surface area contributed by atoms with Crippen molar-refractivity contribution < 1.29 is 23.4 Å². The van der Waals surface area contributed by atoms with Gasteiger partial charge < -0.3 is 19.9 Å². The van der Waals surface area contributed by atoms with Gasteiger partial charge in [0.25, 0.3) is 0 Å². The second-order valence-corrected chi connectivity index (χ2v) is 6.37. The molecule has 23 heavy (non-hydrogen) atoms. The molecule has 0 aromatic heterocycles. The third-order valence-corrected chi connectivity index (χ3v) is 4.56. The number of hydrogen-bond acceptors (Lipinski definition) is 4. The molecule has 130 valence electrons. The number of rotatable bonds is 7. The topological polar surface area (TPSA) is 50.7 Å². The molecule has 0 spiro atoms. The zero-order chi connectivity index (χ0) is 16.9. The van der Waals surface area contributed by atoms with Crippen molar-refractivity contribution in [3.8, 4) is 5.75 Å². The summed E-state index contributed by atoms with van der Waals surface area (Å²) in [7, 11) is 0. The van der Waals surface area contributed by atoms with E-state index in [4.69, 9.17) is 16.3 Å². The van der Waals surface area contributed by atoms with Crippen molar-refractivity contribution in [2.45, 2.75) is 32.4 Å². The van der Waals surface area contributed by atoms with Crippen molar-refractivity contribution in [1.82, 2.24) is 5.32 Å². The van der Waals surface area contributed by atoms with Crippen LogP contribution in [0.5, 0.6) is 5.75 Å². The summed E-state index contributed by atoms with van der Waals surface area (Å²) in [5, 5.41) is 13.5. The van der Waals surface area contributed by atoms with Crippen LogP contribution in [0.25, 0.3) is 0 Å². The average Bonchev–Trinajstić information content (AvgIpc) is 2.55. The molecule has 1 saturated heterocycles. The number of halogens is 3. The summed E-state index contributed by atoms with van der Waals surface area (Å²) in [6.07, 6.45) is 1.53. The summed E-state index contributed by atoms with van der Waals surface area (Å²) in [5.74, 6) is 0.106. The molecule has 1 heterocycles. The number of hydrogen-bond donors (Lipinski definition) is 2. The lowest BCUT2D eigenvalue weighted by Gasteiger charge is -2.36. The Morgan fingerprint density at radius 1 is 1.39 bits per heavy atom. The fourth-order valence-electron chi connectivity index (χ4n) is 2.74. The quantitative estimate of drug-likeness (QED) is 0.792. The highest BCUT2D eigenvalue weighted by atomic mass is 35.5. The van der Waals surface area contributed by atoms with Gasteiger partial charge in [0.2, 0.25) is 0 Å². The number of nitrogens with one attached hydrogen (secondary N) is 1. The van der Waals surface area contributed by atoms with E-state index in [1.54, 1.807) is 6.07 Å². The summed E-state index contributed by atoms with van der Waals surface area (Å²) in [6, 6.07) is 4.34. The van der Waals surface area contributed by atoms with Crippen LogP contribution in [0.3, 0.4) is 0 Å². The van der Waals surface area contributed by atoms with E-state index in [0.29, 0.717) is 30.3 Å². The molecule has 1 atom stereocenters. The highest BCUT2D eigenvalue weighted by molar-refractivity contribution is 6.30. The zero-order valence-electron chi connectivity index (χ0n) is 13.0. The number of benzene rings is 1. The SMILES string of the molecule is CC(NCC1(CO)CCOCC1)c1cc(Cl)ccc1OC(F)F. The summed E-state index contributed by atoms with van der Waals surface area (Å²) >= 11 is 5.97. The van der Waals surface area contributed by atoms with E-state index in [0.717, 1.165) is 12.8 Å². The molecular formula is C16H22ClF2NO3. The van der Waals surface area contributed by atoms with E-state index in [9.17, 15) is 13.9 Å². The van der Waals surface area contributed by atoms with Crippen molar-refractivity contribution in [3.63, 3.8) is 0 Å². The Labute approximate surface area is 139 Å². The van der Waals surface area contributed by atoms with Crippen molar-refractivity contribution >= 4 is 11.6 Å². The number of ether oxygens (including phenoxy) is 2. The zero-order valence-corrected chi connectivity index (χ0v) is 13.8. The van der Waals surface area contributed by atoms with Crippen LogP contribution in [-0.4, -0.2) is 38.1 Å². The first-order valence-electron chi connectivity index (χ1n) is 7.62. The van der Waals surface area contributed by atoms with Crippen LogP contribution in [0.4, 0.5) is 8.78 Å². The molecule has 1 aliphatic heterocycles. The Hall–Kier alpha value is -0.950. The molecule has 4 nitrogen and oxygen atoms in total. The third kappa shape index (κ3) is 5.01. The van der Waals surface area contributed by atoms with Gasteiger partial charge in [-0.2, -0.15) is 8.78 Å². The van der Waals surface area contributed by atoms with E-state index >= 15 is 0 Å². The first-order chi connectivity index (χ1) is 11.0. The van der Waals surface area contributed by atoms with Crippen molar-refractivity contribution in [2.24, 2.45) is 5.41 Å². The lowest BCUT2D eigenvalue weighted by atomic mass is 9.80. The first-order valence-corrected chi connectivity index (χ1v) is 8.00. The van der Waals surface area contributed by atoms with Gasteiger partial charge in [-0.1, -0.05) is 11.6 Å². The van der Waals surface area contributed by atoms with Crippen LogP contribution in [0.2, 0.25) is 5.02 Å². The van der Waals surface area contributed by atoms with Crippen molar-refractivity contribution in [2.75, 3.05) is 26.4 Å². The number of alkyl halides is 2. The molecule has 1 fully saturated rings. The van der Waals surface area contributed by atoms with Crippen molar-refractivity contribution in [1.29, 1.82) is 0 Å². The molecule has 0 amide bonds. The van der Waals surface area contributed by atoms with E-state index in [2.05, 4.69) is 10.1 Å². The van der Waals surface area contributed by atoms with Crippen LogP contribution >= 0.6 is 11.6 Å². The van der Waals surface area contributed by atoms with Crippen molar-refractivity contribution in [3.05, 3.63) is 28.8 Å². The maximum absolute atomic E-state index is 12.5. The fourth-order valence-corrected chi connectivity index (χ4v) is 2.92. The third-order valence-electron chi connectivity index (χ3n) is 4.33. The standard InChI is InChI=1S/C16H22ClF2NO3/c1-11(20-9-16(10-21)4-6-22-7-5-16)13-8-12(17)2-3-14(13)23-15(18)19/h2-3,8,11,15,20-21H,4-7,9-10H2,1H3. The highest BCUT2D eigenvalue weighted by Crippen LogP contribution is 2.33. The molecule has 1 aromatic carbocycles. The fraction of sp³-hybridized carbons (Fsp3) is 0.625. The minimum atomic E-state index is -2.89. The maximum Gasteiger partial charge on any atom is 0.387 e. The van der Waals surface area contributed by atoms with Gasteiger partial charge in [-0.3, -0.25) is 0 Å². The second kappa shape index (κ2) is 8.24. The molecule has 0 bridgehead atoms. The van der Waals surface area contributed by atoms with Crippen LogP contribution in [0, 0.1) is 5.41 Å². The van der Waals surface area contributed by atoms with Gasteiger partial charge >= 0.3 is 6.61 Å². The van der Waals surface area contributed by atoms with E-state index in [-0.39, 0.29) is 23.8 Å². The molecule has 0 aliphatic carbocycles. The Bertz CT molecular complexity index is 510. The minimum Gasteiger partial charge on any atom is -0.434 e. The van der Waals surface area contributed by atoms with Gasteiger partial charge in [0.05, 0.1) is 6.61 Å².